The lowest BCUT2D eigenvalue weighted by Crippen LogP contribution is -2.17. The predicted molar refractivity (Wildman–Crippen MR) is 48.8 cm³/mol. The molecule has 0 aliphatic carbocycles. The van der Waals surface area contributed by atoms with Gasteiger partial charge in [0.1, 0.15) is 13.2 Å². The van der Waals surface area contributed by atoms with Crippen LogP contribution in [0.4, 0.5) is 0 Å². The molecule has 0 aromatic carbocycles. The van der Waals surface area contributed by atoms with E-state index in [0.29, 0.717) is 30.5 Å². The average molecular weight is 246 g/mol. The lowest BCUT2D eigenvalue weighted by Gasteiger charge is -2.18. The van der Waals surface area contributed by atoms with Gasteiger partial charge in [-0.2, -0.15) is 0 Å². The van der Waals surface area contributed by atoms with Crippen molar-refractivity contribution in [2.45, 2.75) is 6.61 Å². The van der Waals surface area contributed by atoms with Crippen molar-refractivity contribution in [2.24, 2.45) is 0 Å². The van der Waals surface area contributed by atoms with Crippen molar-refractivity contribution in [3.8, 4) is 11.6 Å². The van der Waals surface area contributed by atoms with Crippen molar-refractivity contribution >= 4 is 15.9 Å². The molecule has 1 aliphatic heterocycles. The first-order valence-corrected chi connectivity index (χ1v) is 4.66. The smallest absolute Gasteiger partial charge is 0.258 e. The van der Waals surface area contributed by atoms with E-state index in [1.54, 1.807) is 6.07 Å². The van der Waals surface area contributed by atoms with Crippen molar-refractivity contribution in [3.05, 3.63) is 16.2 Å². The fourth-order valence-corrected chi connectivity index (χ4v) is 1.67. The Balaban J connectivity index is 2.47. The standard InChI is InChI=1S/C8H8BrNO3/c9-6-3-5(4-11)10-8-7(6)12-1-2-13-8/h3,11H,1-2,4H2. The maximum Gasteiger partial charge on any atom is 0.258 e. The summed E-state index contributed by atoms with van der Waals surface area (Å²) < 4.78 is 11.4. The minimum Gasteiger partial charge on any atom is -0.483 e. The highest BCUT2D eigenvalue weighted by Crippen LogP contribution is 2.35. The second-order valence-corrected chi connectivity index (χ2v) is 3.44. The zero-order chi connectivity index (χ0) is 9.26. The highest BCUT2D eigenvalue weighted by atomic mass is 79.9. The summed E-state index contributed by atoms with van der Waals surface area (Å²) in [6, 6.07) is 1.72. The first kappa shape index (κ1) is 8.77. The summed E-state index contributed by atoms with van der Waals surface area (Å²) in [5.41, 5.74) is 0.566. The third-order valence-corrected chi connectivity index (χ3v) is 2.27. The van der Waals surface area contributed by atoms with Gasteiger partial charge in [-0.05, 0) is 22.0 Å². The number of aliphatic hydroxyl groups is 1. The molecule has 1 aliphatic rings. The molecule has 0 atom stereocenters. The number of rotatable bonds is 1. The number of aromatic nitrogens is 1. The number of hydrogen-bond acceptors (Lipinski definition) is 4. The van der Waals surface area contributed by atoms with Gasteiger partial charge in [0.05, 0.1) is 16.8 Å². The normalized spacial score (nSPS) is 14.3. The average Bonchev–Trinajstić information content (AvgIpc) is 2.18. The Kier molecular flexibility index (Phi) is 2.37. The zero-order valence-electron chi connectivity index (χ0n) is 6.79. The van der Waals surface area contributed by atoms with E-state index in [9.17, 15) is 0 Å². The Morgan fingerprint density at radius 3 is 3.00 bits per heavy atom. The van der Waals surface area contributed by atoms with Crippen LogP contribution in [0, 0.1) is 0 Å². The second kappa shape index (κ2) is 3.51. The molecule has 0 spiro atoms. The van der Waals surface area contributed by atoms with Gasteiger partial charge < -0.3 is 14.6 Å². The molecule has 2 heterocycles. The first-order valence-electron chi connectivity index (χ1n) is 3.87. The molecule has 0 amide bonds. The van der Waals surface area contributed by atoms with Crippen LogP contribution in [0.1, 0.15) is 5.69 Å². The van der Waals surface area contributed by atoms with E-state index in [2.05, 4.69) is 20.9 Å². The van der Waals surface area contributed by atoms with Gasteiger partial charge in [0, 0.05) is 0 Å². The number of pyridine rings is 1. The fourth-order valence-electron chi connectivity index (χ4n) is 1.12. The molecule has 2 rings (SSSR count). The molecule has 0 radical (unpaired) electrons. The van der Waals surface area contributed by atoms with Gasteiger partial charge in [0.2, 0.25) is 0 Å². The Hall–Kier alpha value is -0.810. The van der Waals surface area contributed by atoms with E-state index in [0.717, 1.165) is 4.47 Å². The van der Waals surface area contributed by atoms with Crippen molar-refractivity contribution in [2.75, 3.05) is 13.2 Å². The molecular formula is C8H8BrNO3. The summed E-state index contributed by atoms with van der Waals surface area (Å²) >= 11 is 3.32. The molecule has 0 bridgehead atoms. The van der Waals surface area contributed by atoms with Gasteiger partial charge in [0.15, 0.2) is 5.75 Å². The van der Waals surface area contributed by atoms with Gasteiger partial charge in [-0.25, -0.2) is 4.98 Å². The summed E-state index contributed by atoms with van der Waals surface area (Å²) in [6.07, 6.45) is 0. The molecule has 0 fully saturated rings. The van der Waals surface area contributed by atoms with Gasteiger partial charge in [0.25, 0.3) is 5.88 Å². The molecule has 1 aromatic heterocycles. The van der Waals surface area contributed by atoms with Crippen molar-refractivity contribution in [3.63, 3.8) is 0 Å². The van der Waals surface area contributed by atoms with Gasteiger partial charge in [-0.3, -0.25) is 0 Å². The largest absolute Gasteiger partial charge is 0.483 e. The third-order valence-electron chi connectivity index (χ3n) is 1.68. The molecule has 1 N–H and O–H groups in total. The monoisotopic (exact) mass is 245 g/mol. The van der Waals surface area contributed by atoms with Crippen LogP contribution in [-0.2, 0) is 6.61 Å². The maximum atomic E-state index is 8.88. The van der Waals surface area contributed by atoms with Gasteiger partial charge in [-0.1, -0.05) is 0 Å². The van der Waals surface area contributed by atoms with Gasteiger partial charge >= 0.3 is 0 Å². The van der Waals surface area contributed by atoms with Crippen LogP contribution in [0.3, 0.4) is 0 Å². The van der Waals surface area contributed by atoms with Crippen LogP contribution in [0.15, 0.2) is 10.5 Å². The molecule has 5 heteroatoms. The Morgan fingerprint density at radius 2 is 2.23 bits per heavy atom. The number of halogens is 1. The third kappa shape index (κ3) is 1.62. The lowest BCUT2D eigenvalue weighted by molar-refractivity contribution is 0.161. The number of ether oxygens (including phenoxy) is 2. The van der Waals surface area contributed by atoms with Crippen molar-refractivity contribution < 1.29 is 14.6 Å². The molecule has 1 aromatic rings. The number of fused-ring (bicyclic) bond motifs is 1. The first-order chi connectivity index (χ1) is 6.31. The van der Waals surface area contributed by atoms with Crippen LogP contribution >= 0.6 is 15.9 Å². The quantitative estimate of drug-likeness (QED) is 0.806. The highest BCUT2D eigenvalue weighted by molar-refractivity contribution is 9.10. The Labute approximate surface area is 83.6 Å². The molecule has 70 valence electrons. The summed E-state index contributed by atoms with van der Waals surface area (Å²) in [7, 11) is 0. The Morgan fingerprint density at radius 1 is 1.46 bits per heavy atom. The van der Waals surface area contributed by atoms with E-state index in [-0.39, 0.29) is 6.61 Å². The minimum absolute atomic E-state index is 0.102. The molecule has 0 saturated carbocycles. The SMILES string of the molecule is OCc1cc(Br)c2c(n1)OCCO2. The minimum atomic E-state index is -0.102. The molecule has 0 saturated heterocycles. The molecule has 13 heavy (non-hydrogen) atoms. The Bertz CT molecular complexity index is 329. The summed E-state index contributed by atoms with van der Waals surface area (Å²) in [4.78, 5) is 4.07. The summed E-state index contributed by atoms with van der Waals surface area (Å²) in [5, 5.41) is 8.88. The highest BCUT2D eigenvalue weighted by Gasteiger charge is 2.17. The van der Waals surface area contributed by atoms with E-state index >= 15 is 0 Å². The van der Waals surface area contributed by atoms with Crippen molar-refractivity contribution in [1.29, 1.82) is 0 Å². The molecule has 4 nitrogen and oxygen atoms in total. The number of hydrogen-bond donors (Lipinski definition) is 1. The fraction of sp³-hybridized carbons (Fsp3) is 0.375. The molecular weight excluding hydrogens is 238 g/mol. The second-order valence-electron chi connectivity index (χ2n) is 2.58. The van der Waals surface area contributed by atoms with Gasteiger partial charge in [-0.15, -0.1) is 0 Å². The van der Waals surface area contributed by atoms with Crippen LogP contribution in [0.25, 0.3) is 0 Å². The van der Waals surface area contributed by atoms with Crippen LogP contribution in [0.2, 0.25) is 0 Å². The topological polar surface area (TPSA) is 51.6 Å². The molecule has 0 unspecified atom stereocenters. The number of aliphatic hydroxyl groups excluding tert-OH is 1. The maximum absolute atomic E-state index is 8.88. The lowest BCUT2D eigenvalue weighted by atomic mass is 10.3. The van der Waals surface area contributed by atoms with E-state index in [1.807, 2.05) is 0 Å². The van der Waals surface area contributed by atoms with E-state index < -0.39 is 0 Å². The summed E-state index contributed by atoms with van der Waals surface area (Å²) in [5.74, 6) is 1.06. The number of nitrogens with zero attached hydrogens (tertiary/aromatic N) is 1. The summed E-state index contributed by atoms with van der Waals surface area (Å²) in [6.45, 7) is 0.933. The van der Waals surface area contributed by atoms with Crippen LogP contribution in [-0.4, -0.2) is 23.3 Å². The van der Waals surface area contributed by atoms with Crippen LogP contribution in [0.5, 0.6) is 11.6 Å². The van der Waals surface area contributed by atoms with Crippen molar-refractivity contribution in [1.82, 2.24) is 4.98 Å². The van der Waals surface area contributed by atoms with E-state index in [4.69, 9.17) is 14.6 Å². The van der Waals surface area contributed by atoms with E-state index in [1.165, 1.54) is 0 Å². The zero-order valence-corrected chi connectivity index (χ0v) is 8.37. The van der Waals surface area contributed by atoms with Crippen LogP contribution < -0.4 is 9.47 Å². The predicted octanol–water partition coefficient (Wildman–Crippen LogP) is 1.11.